The van der Waals surface area contributed by atoms with Crippen LogP contribution in [0.15, 0.2) is 0 Å². The number of likely N-dealkylation sites (tertiary alicyclic amines) is 1. The van der Waals surface area contributed by atoms with E-state index in [2.05, 4.69) is 27.9 Å². The average Bonchev–Trinajstić information content (AvgIpc) is 2.73. The molecule has 2 fully saturated rings. The van der Waals surface area contributed by atoms with Crippen LogP contribution in [0.5, 0.6) is 0 Å². The lowest BCUT2D eigenvalue weighted by atomic mass is 9.82. The Morgan fingerprint density at radius 3 is 2.05 bits per heavy atom. The van der Waals surface area contributed by atoms with Crippen LogP contribution in [0.1, 0.15) is 39.5 Å². The summed E-state index contributed by atoms with van der Waals surface area (Å²) >= 11 is 0. The van der Waals surface area contributed by atoms with Gasteiger partial charge < -0.3 is 14.1 Å². The molecular weight excluding hydrogens is 248 g/mol. The highest BCUT2D eigenvalue weighted by atomic mass is 16.3. The molecule has 1 aliphatic heterocycles. The predicted molar refractivity (Wildman–Crippen MR) is 84.4 cm³/mol. The second kappa shape index (κ2) is 6.33. The average molecular weight is 284 g/mol. The van der Waals surface area contributed by atoms with E-state index in [0.29, 0.717) is 0 Å². The van der Waals surface area contributed by atoms with Crippen LogP contribution < -0.4 is 0 Å². The lowest BCUT2D eigenvalue weighted by molar-refractivity contribution is -0.927. The summed E-state index contributed by atoms with van der Waals surface area (Å²) in [6, 6.07) is 0. The highest BCUT2D eigenvalue weighted by molar-refractivity contribution is 4.80. The van der Waals surface area contributed by atoms with Crippen molar-refractivity contribution in [2.75, 3.05) is 53.4 Å². The molecule has 1 saturated heterocycles. The summed E-state index contributed by atoms with van der Waals surface area (Å²) in [6.45, 7) is 11.2. The Morgan fingerprint density at radius 2 is 1.60 bits per heavy atom. The molecular formula is C17H36N2O+2. The zero-order chi connectivity index (χ0) is 14.8. The molecule has 1 saturated carbocycles. The van der Waals surface area contributed by atoms with Gasteiger partial charge in [-0.2, -0.15) is 0 Å². The van der Waals surface area contributed by atoms with Gasteiger partial charge in [-0.05, 0) is 26.7 Å². The Morgan fingerprint density at radius 1 is 1.10 bits per heavy atom. The molecule has 0 aromatic heterocycles. The second-order valence-corrected chi connectivity index (χ2v) is 8.06. The molecule has 1 heterocycles. The van der Waals surface area contributed by atoms with E-state index in [9.17, 15) is 5.11 Å². The van der Waals surface area contributed by atoms with Crippen LogP contribution in [-0.4, -0.2) is 73.5 Å². The van der Waals surface area contributed by atoms with Crippen LogP contribution in [0.25, 0.3) is 0 Å². The van der Waals surface area contributed by atoms with Crippen LogP contribution in [0, 0.1) is 11.8 Å². The van der Waals surface area contributed by atoms with E-state index >= 15 is 0 Å². The SMILES string of the molecule is CC[N+](C)(CC)C[C@H](O)C[N+]1(C)C[C@H]2CCCC[C@H]2C1. The minimum Gasteiger partial charge on any atom is -0.382 e. The first kappa shape index (κ1) is 16.3. The summed E-state index contributed by atoms with van der Waals surface area (Å²) in [7, 11) is 4.65. The second-order valence-electron chi connectivity index (χ2n) is 8.06. The number of hydrogen-bond donors (Lipinski definition) is 1. The topological polar surface area (TPSA) is 20.2 Å². The van der Waals surface area contributed by atoms with Crippen molar-refractivity contribution in [2.24, 2.45) is 11.8 Å². The van der Waals surface area contributed by atoms with E-state index in [-0.39, 0.29) is 6.10 Å². The van der Waals surface area contributed by atoms with Gasteiger partial charge in [-0.15, -0.1) is 0 Å². The van der Waals surface area contributed by atoms with Gasteiger partial charge in [0.15, 0.2) is 6.10 Å². The molecule has 4 atom stereocenters. The number of aliphatic hydroxyl groups is 1. The number of likely N-dealkylation sites (N-methyl/N-ethyl adjacent to an activating group) is 2. The lowest BCUT2D eigenvalue weighted by Gasteiger charge is -2.37. The number of nitrogens with zero attached hydrogens (tertiary/aromatic N) is 2. The van der Waals surface area contributed by atoms with E-state index in [4.69, 9.17) is 0 Å². The molecule has 0 spiro atoms. The number of hydrogen-bond acceptors (Lipinski definition) is 1. The van der Waals surface area contributed by atoms with Gasteiger partial charge in [0, 0.05) is 11.8 Å². The van der Waals surface area contributed by atoms with Crippen molar-refractivity contribution in [1.29, 1.82) is 0 Å². The van der Waals surface area contributed by atoms with Crippen molar-refractivity contribution in [3.05, 3.63) is 0 Å². The molecule has 3 nitrogen and oxygen atoms in total. The van der Waals surface area contributed by atoms with Gasteiger partial charge in [-0.25, -0.2) is 0 Å². The summed E-state index contributed by atoms with van der Waals surface area (Å²) in [4.78, 5) is 0. The predicted octanol–water partition coefficient (Wildman–Crippen LogP) is 2.10. The molecule has 0 aromatic rings. The number of quaternary nitrogens is 2. The zero-order valence-electron chi connectivity index (χ0n) is 14.1. The zero-order valence-corrected chi connectivity index (χ0v) is 14.1. The summed E-state index contributed by atoms with van der Waals surface area (Å²) < 4.78 is 2.11. The highest BCUT2D eigenvalue weighted by Crippen LogP contribution is 2.39. The quantitative estimate of drug-likeness (QED) is 0.741. The summed E-state index contributed by atoms with van der Waals surface area (Å²) in [6.07, 6.45) is 5.60. The molecule has 1 N–H and O–H groups in total. The van der Waals surface area contributed by atoms with Crippen molar-refractivity contribution in [1.82, 2.24) is 0 Å². The smallest absolute Gasteiger partial charge is 0.152 e. The lowest BCUT2D eigenvalue weighted by Crippen LogP contribution is -2.54. The molecule has 1 unspecified atom stereocenters. The summed E-state index contributed by atoms with van der Waals surface area (Å²) in [5, 5.41) is 10.6. The standard InChI is InChI=1S/C17H36N2O/c1-5-18(3,6-2)13-17(20)14-19(4)11-15-9-7-8-10-16(15)12-19/h15-17,20H,5-14H2,1-4H3/q+2/t15-,16+,17-,19?/m0/s1. The van der Waals surface area contributed by atoms with Gasteiger partial charge >= 0.3 is 0 Å². The number of fused-ring (bicyclic) bond motifs is 1. The first-order valence-electron chi connectivity index (χ1n) is 8.75. The fraction of sp³-hybridized carbons (Fsp3) is 1.00. The Balaban J connectivity index is 1.89. The van der Waals surface area contributed by atoms with Gasteiger partial charge in [0.1, 0.15) is 13.1 Å². The third-order valence-electron chi connectivity index (χ3n) is 6.25. The Bertz CT molecular complexity index is 300. The van der Waals surface area contributed by atoms with E-state index < -0.39 is 0 Å². The van der Waals surface area contributed by atoms with Crippen molar-refractivity contribution in [3.63, 3.8) is 0 Å². The fourth-order valence-corrected chi connectivity index (χ4v) is 4.68. The minimum atomic E-state index is -0.148. The van der Waals surface area contributed by atoms with Crippen molar-refractivity contribution in [3.8, 4) is 0 Å². The molecule has 1 aliphatic carbocycles. The van der Waals surface area contributed by atoms with Gasteiger partial charge in [0.2, 0.25) is 0 Å². The van der Waals surface area contributed by atoms with Gasteiger partial charge in [-0.3, -0.25) is 0 Å². The minimum absolute atomic E-state index is 0.148. The molecule has 0 amide bonds. The highest BCUT2D eigenvalue weighted by Gasteiger charge is 2.44. The van der Waals surface area contributed by atoms with Crippen molar-refractivity contribution in [2.45, 2.75) is 45.6 Å². The monoisotopic (exact) mass is 284 g/mol. The molecule has 118 valence electrons. The van der Waals surface area contributed by atoms with Crippen LogP contribution >= 0.6 is 0 Å². The van der Waals surface area contributed by atoms with Crippen molar-refractivity contribution >= 4 is 0 Å². The maximum atomic E-state index is 10.6. The Hall–Kier alpha value is -0.120. The first-order valence-corrected chi connectivity index (χ1v) is 8.75. The third kappa shape index (κ3) is 3.75. The van der Waals surface area contributed by atoms with E-state index in [0.717, 1.165) is 47.0 Å². The van der Waals surface area contributed by atoms with Crippen LogP contribution in [0.4, 0.5) is 0 Å². The first-order chi connectivity index (χ1) is 9.40. The Labute approximate surface area is 125 Å². The van der Waals surface area contributed by atoms with Gasteiger partial charge in [0.25, 0.3) is 0 Å². The number of rotatable bonds is 6. The van der Waals surface area contributed by atoms with E-state index in [1.807, 2.05) is 0 Å². The van der Waals surface area contributed by atoms with Crippen molar-refractivity contribution < 1.29 is 14.1 Å². The molecule has 0 aromatic carbocycles. The third-order valence-corrected chi connectivity index (χ3v) is 6.25. The van der Waals surface area contributed by atoms with E-state index in [1.54, 1.807) is 0 Å². The normalized spacial score (nSPS) is 35.9. The fourth-order valence-electron chi connectivity index (χ4n) is 4.68. The van der Waals surface area contributed by atoms with Crippen LogP contribution in [-0.2, 0) is 0 Å². The maximum absolute atomic E-state index is 10.6. The molecule has 3 heteroatoms. The van der Waals surface area contributed by atoms with Gasteiger partial charge in [0.05, 0.1) is 40.3 Å². The maximum Gasteiger partial charge on any atom is 0.152 e. The summed E-state index contributed by atoms with van der Waals surface area (Å²) in [5.41, 5.74) is 0. The van der Waals surface area contributed by atoms with E-state index in [1.165, 1.54) is 38.8 Å². The largest absolute Gasteiger partial charge is 0.382 e. The molecule has 0 bridgehead atoms. The molecule has 0 radical (unpaired) electrons. The van der Waals surface area contributed by atoms with Crippen LogP contribution in [0.2, 0.25) is 0 Å². The summed E-state index contributed by atoms with van der Waals surface area (Å²) in [5.74, 6) is 1.89. The molecule has 2 rings (SSSR count). The molecule has 2 aliphatic rings. The Kier molecular flexibility index (Phi) is 5.14. The molecule has 20 heavy (non-hydrogen) atoms. The van der Waals surface area contributed by atoms with Gasteiger partial charge in [-0.1, -0.05) is 12.8 Å². The number of aliphatic hydroxyl groups excluding tert-OH is 1. The van der Waals surface area contributed by atoms with Crippen LogP contribution in [0.3, 0.4) is 0 Å².